The molecular weight excluding hydrogens is 435 g/mol. The number of rotatable bonds is 10. The average molecular weight is 465 g/mol. The second-order valence-corrected chi connectivity index (χ2v) is 9.05. The number of hydrogen-bond acceptors (Lipinski definition) is 3. The van der Waals surface area contributed by atoms with E-state index in [-0.39, 0.29) is 24.2 Å². The molecule has 3 aromatic rings. The molecule has 0 aliphatic heterocycles. The summed E-state index contributed by atoms with van der Waals surface area (Å²) in [6.07, 6.45) is 0.695. The highest BCUT2D eigenvalue weighted by atomic mass is 32.2. The van der Waals surface area contributed by atoms with Crippen LogP contribution in [0.15, 0.2) is 83.8 Å². The average Bonchev–Trinajstić information content (AvgIpc) is 2.83. The third kappa shape index (κ3) is 7.46. The summed E-state index contributed by atoms with van der Waals surface area (Å²) in [7, 11) is 1.58. The van der Waals surface area contributed by atoms with Crippen molar-refractivity contribution in [1.82, 2.24) is 10.2 Å². The molecule has 4 nitrogen and oxygen atoms in total. The highest BCUT2D eigenvalue weighted by Crippen LogP contribution is 2.21. The Bertz CT molecular complexity index is 1040. The molecule has 0 aliphatic carbocycles. The number of aryl methyl sites for hydroxylation is 1. The number of halogens is 1. The van der Waals surface area contributed by atoms with Gasteiger partial charge >= 0.3 is 0 Å². The van der Waals surface area contributed by atoms with Gasteiger partial charge in [-0.15, -0.1) is 11.8 Å². The highest BCUT2D eigenvalue weighted by Gasteiger charge is 2.29. The molecule has 0 radical (unpaired) electrons. The molecule has 1 unspecified atom stereocenters. The normalized spacial score (nSPS) is 11.6. The maximum atomic E-state index is 13.4. The van der Waals surface area contributed by atoms with E-state index in [0.717, 1.165) is 16.0 Å². The molecule has 0 aromatic heterocycles. The van der Waals surface area contributed by atoms with Crippen LogP contribution in [0, 0.1) is 12.7 Å². The zero-order valence-corrected chi connectivity index (χ0v) is 19.8. The molecule has 0 spiro atoms. The van der Waals surface area contributed by atoms with Gasteiger partial charge in [0.25, 0.3) is 0 Å². The lowest BCUT2D eigenvalue weighted by Crippen LogP contribution is -2.49. The lowest BCUT2D eigenvalue weighted by atomic mass is 10.0. The van der Waals surface area contributed by atoms with Gasteiger partial charge in [0.1, 0.15) is 11.9 Å². The summed E-state index contributed by atoms with van der Waals surface area (Å²) in [6, 6.07) is 23.2. The van der Waals surface area contributed by atoms with E-state index in [0.29, 0.717) is 18.6 Å². The number of carbonyl (C=O) groups excluding carboxylic acids is 2. The van der Waals surface area contributed by atoms with E-state index < -0.39 is 6.04 Å². The lowest BCUT2D eigenvalue weighted by molar-refractivity contribution is -0.140. The van der Waals surface area contributed by atoms with Crippen molar-refractivity contribution >= 4 is 23.6 Å². The standard InChI is InChI=1S/C27H29FN2O2S/c1-20-8-14-24(15-9-20)33-17-16-26(31)30(19-22-10-12-23(28)13-11-22)25(27(32)29-2)18-21-6-4-3-5-7-21/h3-15,25H,16-19H2,1-2H3,(H,29,32). The number of nitrogens with zero attached hydrogens (tertiary/aromatic N) is 1. The third-order valence-corrected chi connectivity index (χ3v) is 6.40. The van der Waals surface area contributed by atoms with Gasteiger partial charge in [-0.1, -0.05) is 60.2 Å². The fourth-order valence-electron chi connectivity index (χ4n) is 3.54. The van der Waals surface area contributed by atoms with Gasteiger partial charge in [-0.2, -0.15) is 0 Å². The summed E-state index contributed by atoms with van der Waals surface area (Å²) in [5.74, 6) is -0.0598. The first-order valence-corrected chi connectivity index (χ1v) is 11.9. The van der Waals surface area contributed by atoms with Crippen LogP contribution in [0.4, 0.5) is 4.39 Å². The van der Waals surface area contributed by atoms with Crippen LogP contribution >= 0.6 is 11.8 Å². The first-order valence-electron chi connectivity index (χ1n) is 10.9. The highest BCUT2D eigenvalue weighted by molar-refractivity contribution is 7.99. The second kappa shape index (κ2) is 12.2. The van der Waals surface area contributed by atoms with Crippen molar-refractivity contribution in [2.24, 2.45) is 0 Å². The number of thioether (sulfide) groups is 1. The summed E-state index contributed by atoms with van der Waals surface area (Å²) in [6.45, 7) is 2.27. The van der Waals surface area contributed by atoms with Crippen molar-refractivity contribution in [3.8, 4) is 0 Å². The van der Waals surface area contributed by atoms with Gasteiger partial charge in [0.05, 0.1) is 0 Å². The summed E-state index contributed by atoms with van der Waals surface area (Å²) in [5.41, 5.74) is 2.94. The Kier molecular flexibility index (Phi) is 9.07. The maximum Gasteiger partial charge on any atom is 0.242 e. The zero-order chi connectivity index (χ0) is 23.6. The van der Waals surface area contributed by atoms with Gasteiger partial charge < -0.3 is 10.2 Å². The Hall–Kier alpha value is -3.12. The largest absolute Gasteiger partial charge is 0.357 e. The first-order chi connectivity index (χ1) is 16.0. The molecule has 0 saturated heterocycles. The molecule has 172 valence electrons. The van der Waals surface area contributed by atoms with Gasteiger partial charge in [-0.25, -0.2) is 4.39 Å². The number of likely N-dealkylation sites (N-methyl/N-ethyl adjacent to an activating group) is 1. The van der Waals surface area contributed by atoms with Crippen LogP contribution in [0.3, 0.4) is 0 Å². The van der Waals surface area contributed by atoms with E-state index in [1.165, 1.54) is 17.7 Å². The van der Waals surface area contributed by atoms with E-state index in [4.69, 9.17) is 0 Å². The molecule has 0 aliphatic rings. The van der Waals surface area contributed by atoms with E-state index in [1.54, 1.807) is 35.8 Å². The van der Waals surface area contributed by atoms with Crippen LogP contribution in [-0.2, 0) is 22.6 Å². The summed E-state index contributed by atoms with van der Waals surface area (Å²) in [4.78, 5) is 29.0. The second-order valence-electron chi connectivity index (χ2n) is 7.88. The minimum atomic E-state index is -0.667. The Morgan fingerprint density at radius 2 is 1.61 bits per heavy atom. The summed E-state index contributed by atoms with van der Waals surface area (Å²) in [5, 5.41) is 2.70. The van der Waals surface area contributed by atoms with Gasteiger partial charge in [-0.05, 0) is 42.3 Å². The Labute approximate surface area is 199 Å². The molecule has 0 saturated carbocycles. The van der Waals surface area contributed by atoms with Crippen LogP contribution in [-0.4, -0.2) is 35.6 Å². The van der Waals surface area contributed by atoms with Crippen molar-refractivity contribution in [2.45, 2.75) is 37.2 Å². The number of hydrogen-bond donors (Lipinski definition) is 1. The SMILES string of the molecule is CNC(=O)C(Cc1ccccc1)N(Cc1ccc(F)cc1)C(=O)CCSc1ccc(C)cc1. The molecule has 1 atom stereocenters. The van der Waals surface area contributed by atoms with Gasteiger partial charge in [-0.3, -0.25) is 9.59 Å². The van der Waals surface area contributed by atoms with Gasteiger partial charge in [0.15, 0.2) is 0 Å². The summed E-state index contributed by atoms with van der Waals surface area (Å²) >= 11 is 1.62. The molecule has 33 heavy (non-hydrogen) atoms. The van der Waals surface area contributed by atoms with E-state index in [2.05, 4.69) is 5.32 Å². The van der Waals surface area contributed by atoms with Crippen LogP contribution < -0.4 is 5.32 Å². The number of amides is 2. The molecule has 1 N–H and O–H groups in total. The molecule has 0 heterocycles. The number of benzene rings is 3. The van der Waals surface area contributed by atoms with Crippen LogP contribution in [0.1, 0.15) is 23.1 Å². The number of carbonyl (C=O) groups is 2. The van der Waals surface area contributed by atoms with Gasteiger partial charge in [0.2, 0.25) is 11.8 Å². The smallest absolute Gasteiger partial charge is 0.242 e. The Morgan fingerprint density at radius 1 is 0.939 bits per heavy atom. The summed E-state index contributed by atoms with van der Waals surface area (Å²) < 4.78 is 13.4. The molecule has 3 aromatic carbocycles. The Balaban J connectivity index is 1.79. The predicted octanol–water partition coefficient (Wildman–Crippen LogP) is 5.00. The van der Waals surface area contributed by atoms with Crippen molar-refractivity contribution in [1.29, 1.82) is 0 Å². The zero-order valence-electron chi connectivity index (χ0n) is 19.0. The molecule has 2 amide bonds. The monoisotopic (exact) mass is 464 g/mol. The molecule has 0 bridgehead atoms. The minimum Gasteiger partial charge on any atom is -0.357 e. The lowest BCUT2D eigenvalue weighted by Gasteiger charge is -2.31. The molecular formula is C27H29FN2O2S. The topological polar surface area (TPSA) is 49.4 Å². The van der Waals surface area contributed by atoms with E-state index in [9.17, 15) is 14.0 Å². The van der Waals surface area contributed by atoms with E-state index >= 15 is 0 Å². The van der Waals surface area contributed by atoms with Gasteiger partial charge in [0, 0.05) is 37.1 Å². The maximum absolute atomic E-state index is 13.4. The fourth-order valence-corrected chi connectivity index (χ4v) is 4.38. The number of nitrogens with one attached hydrogen (secondary N) is 1. The molecule has 6 heteroatoms. The van der Waals surface area contributed by atoms with E-state index in [1.807, 2.05) is 61.5 Å². The quantitative estimate of drug-likeness (QED) is 0.430. The molecule has 3 rings (SSSR count). The van der Waals surface area contributed by atoms with Crippen LogP contribution in [0.2, 0.25) is 0 Å². The Morgan fingerprint density at radius 3 is 2.24 bits per heavy atom. The molecule has 0 fully saturated rings. The van der Waals surface area contributed by atoms with Crippen LogP contribution in [0.25, 0.3) is 0 Å². The minimum absolute atomic E-state index is 0.108. The first kappa shape index (κ1) is 24.5. The third-order valence-electron chi connectivity index (χ3n) is 5.39. The van der Waals surface area contributed by atoms with Crippen molar-refractivity contribution in [3.63, 3.8) is 0 Å². The van der Waals surface area contributed by atoms with Crippen molar-refractivity contribution < 1.29 is 14.0 Å². The predicted molar refractivity (Wildman–Crippen MR) is 131 cm³/mol. The van der Waals surface area contributed by atoms with Crippen molar-refractivity contribution in [3.05, 3.63) is 101 Å². The fraction of sp³-hybridized carbons (Fsp3) is 0.259. The van der Waals surface area contributed by atoms with Crippen LogP contribution in [0.5, 0.6) is 0 Å². The van der Waals surface area contributed by atoms with Crippen molar-refractivity contribution in [2.75, 3.05) is 12.8 Å².